The lowest BCUT2D eigenvalue weighted by atomic mass is 9.72. The fourth-order valence-electron chi connectivity index (χ4n) is 3.88. The van der Waals surface area contributed by atoms with E-state index in [4.69, 9.17) is 4.74 Å². The molecular weight excluding hydrogens is 294 g/mol. The number of aryl methyl sites for hydroxylation is 2. The summed E-state index contributed by atoms with van der Waals surface area (Å²) in [5.74, 6) is 0.00631. The van der Waals surface area contributed by atoms with Crippen LogP contribution in [0.3, 0.4) is 0 Å². The third-order valence-corrected chi connectivity index (χ3v) is 5.48. The Morgan fingerprint density at radius 2 is 2.17 bits per heavy atom. The first-order chi connectivity index (χ1) is 11.1. The van der Waals surface area contributed by atoms with Crippen molar-refractivity contribution in [3.63, 3.8) is 0 Å². The highest BCUT2D eigenvalue weighted by Crippen LogP contribution is 2.41. The molecule has 2 aliphatic rings. The number of hydrogen-bond donors (Lipinski definition) is 1. The van der Waals surface area contributed by atoms with Crippen LogP contribution in [-0.4, -0.2) is 58.1 Å². The first-order valence-electron chi connectivity index (χ1n) is 8.62. The van der Waals surface area contributed by atoms with Crippen molar-refractivity contribution in [3.8, 4) is 0 Å². The smallest absolute Gasteiger partial charge is 0.257 e. The van der Waals surface area contributed by atoms with Gasteiger partial charge < -0.3 is 14.7 Å². The molecule has 6 nitrogen and oxygen atoms in total. The Balaban J connectivity index is 1.84. The van der Waals surface area contributed by atoms with Gasteiger partial charge in [-0.15, -0.1) is 0 Å². The zero-order valence-corrected chi connectivity index (χ0v) is 14.1. The maximum atomic E-state index is 13.1. The molecule has 0 radical (unpaired) electrons. The van der Waals surface area contributed by atoms with Crippen molar-refractivity contribution in [2.75, 3.05) is 26.4 Å². The van der Waals surface area contributed by atoms with Crippen LogP contribution in [0.4, 0.5) is 0 Å². The summed E-state index contributed by atoms with van der Waals surface area (Å²) < 4.78 is 7.30. The summed E-state index contributed by atoms with van der Waals surface area (Å²) in [6.45, 7) is 6.93. The van der Waals surface area contributed by atoms with Gasteiger partial charge in [-0.1, -0.05) is 0 Å². The summed E-state index contributed by atoms with van der Waals surface area (Å²) in [6.07, 6.45) is 5.77. The fraction of sp³-hybridized carbons (Fsp3) is 0.765. The molecule has 0 saturated carbocycles. The van der Waals surface area contributed by atoms with Crippen molar-refractivity contribution in [1.82, 2.24) is 14.7 Å². The van der Waals surface area contributed by atoms with E-state index in [-0.39, 0.29) is 24.0 Å². The van der Waals surface area contributed by atoms with Gasteiger partial charge >= 0.3 is 0 Å². The molecule has 1 aromatic rings. The highest BCUT2D eigenvalue weighted by Gasteiger charge is 2.42. The number of aliphatic hydroxyl groups is 1. The van der Waals surface area contributed by atoms with Gasteiger partial charge in [0.2, 0.25) is 0 Å². The third kappa shape index (κ3) is 3.15. The average Bonchev–Trinajstić information content (AvgIpc) is 2.96. The molecule has 2 saturated heterocycles. The molecule has 1 spiro atoms. The standard InChI is InChI=1S/C17H27N3O3/c1-3-19-10-15(13(2)18-19)16(22)20-12-17(5-4-14(20)11-21)6-8-23-9-7-17/h10,14,21H,3-9,11-12H2,1-2H3. The Hall–Kier alpha value is -1.40. The molecule has 1 unspecified atom stereocenters. The van der Waals surface area contributed by atoms with Crippen molar-refractivity contribution >= 4 is 5.91 Å². The van der Waals surface area contributed by atoms with Gasteiger partial charge in [-0.2, -0.15) is 5.10 Å². The predicted molar refractivity (Wildman–Crippen MR) is 86.3 cm³/mol. The second-order valence-electron chi connectivity index (χ2n) is 6.90. The summed E-state index contributed by atoms with van der Waals surface area (Å²) in [5.41, 5.74) is 1.59. The number of piperidine rings is 1. The van der Waals surface area contributed by atoms with Gasteiger partial charge in [-0.25, -0.2) is 0 Å². The van der Waals surface area contributed by atoms with E-state index in [9.17, 15) is 9.90 Å². The summed E-state index contributed by atoms with van der Waals surface area (Å²) >= 11 is 0. The van der Waals surface area contributed by atoms with Gasteiger partial charge in [-0.05, 0) is 44.9 Å². The van der Waals surface area contributed by atoms with Gasteiger partial charge in [0.05, 0.1) is 23.9 Å². The van der Waals surface area contributed by atoms with Gasteiger partial charge in [0.15, 0.2) is 0 Å². The van der Waals surface area contributed by atoms with Gasteiger partial charge in [-0.3, -0.25) is 9.48 Å². The van der Waals surface area contributed by atoms with Crippen LogP contribution in [-0.2, 0) is 11.3 Å². The Kier molecular flexibility index (Phi) is 4.73. The fourth-order valence-corrected chi connectivity index (χ4v) is 3.88. The largest absolute Gasteiger partial charge is 0.394 e. The van der Waals surface area contributed by atoms with Crippen LogP contribution < -0.4 is 0 Å². The molecule has 0 aliphatic carbocycles. The lowest BCUT2D eigenvalue weighted by molar-refractivity contribution is -0.0435. The number of hydrogen-bond acceptors (Lipinski definition) is 4. The quantitative estimate of drug-likeness (QED) is 0.918. The number of ether oxygens (including phenoxy) is 1. The van der Waals surface area contributed by atoms with Crippen LogP contribution in [0, 0.1) is 12.3 Å². The number of aliphatic hydroxyl groups excluding tert-OH is 1. The summed E-state index contributed by atoms with van der Waals surface area (Å²) in [5, 5.41) is 14.1. The molecule has 0 aromatic carbocycles. The molecule has 0 bridgehead atoms. The molecule has 2 fully saturated rings. The van der Waals surface area contributed by atoms with E-state index in [1.807, 2.05) is 24.9 Å². The van der Waals surface area contributed by atoms with E-state index in [0.29, 0.717) is 5.56 Å². The zero-order valence-electron chi connectivity index (χ0n) is 14.1. The number of carbonyl (C=O) groups is 1. The molecular formula is C17H27N3O3. The number of nitrogens with zero attached hydrogens (tertiary/aromatic N) is 3. The maximum Gasteiger partial charge on any atom is 0.257 e. The molecule has 128 valence electrons. The van der Waals surface area contributed by atoms with Crippen LogP contribution in [0.5, 0.6) is 0 Å². The molecule has 3 rings (SSSR count). The molecule has 1 amide bonds. The second-order valence-corrected chi connectivity index (χ2v) is 6.90. The Labute approximate surface area is 137 Å². The van der Waals surface area contributed by atoms with Crippen molar-refractivity contribution in [2.24, 2.45) is 5.41 Å². The number of likely N-dealkylation sites (tertiary alicyclic amines) is 1. The van der Waals surface area contributed by atoms with E-state index in [1.54, 1.807) is 4.68 Å². The number of aromatic nitrogens is 2. The number of carbonyl (C=O) groups excluding carboxylic acids is 1. The first-order valence-corrected chi connectivity index (χ1v) is 8.62. The maximum absolute atomic E-state index is 13.1. The SMILES string of the molecule is CCn1cc(C(=O)N2CC3(CCOCC3)CCC2CO)c(C)n1. The Morgan fingerprint density at radius 1 is 1.43 bits per heavy atom. The van der Waals surface area contributed by atoms with Crippen molar-refractivity contribution in [3.05, 3.63) is 17.5 Å². The van der Waals surface area contributed by atoms with Crippen LogP contribution >= 0.6 is 0 Å². The van der Waals surface area contributed by atoms with Crippen LogP contribution in [0.2, 0.25) is 0 Å². The minimum atomic E-state index is -0.0830. The summed E-state index contributed by atoms with van der Waals surface area (Å²) in [6, 6.07) is -0.0830. The van der Waals surface area contributed by atoms with Gasteiger partial charge in [0.25, 0.3) is 5.91 Å². The Bertz CT molecular complexity index is 563. The second kappa shape index (κ2) is 6.61. The van der Waals surface area contributed by atoms with E-state index in [0.717, 1.165) is 57.7 Å². The monoisotopic (exact) mass is 321 g/mol. The van der Waals surface area contributed by atoms with Gasteiger partial charge in [0, 0.05) is 32.5 Å². The minimum absolute atomic E-state index is 0.00631. The van der Waals surface area contributed by atoms with E-state index < -0.39 is 0 Å². The van der Waals surface area contributed by atoms with Crippen molar-refractivity contribution in [2.45, 2.75) is 52.1 Å². The first kappa shape index (κ1) is 16.5. The van der Waals surface area contributed by atoms with Crippen LogP contribution in [0.25, 0.3) is 0 Å². The molecule has 1 aromatic heterocycles. The molecule has 1 N–H and O–H groups in total. The van der Waals surface area contributed by atoms with Crippen LogP contribution in [0.1, 0.15) is 48.7 Å². The highest BCUT2D eigenvalue weighted by atomic mass is 16.5. The van der Waals surface area contributed by atoms with E-state index in [2.05, 4.69) is 5.10 Å². The van der Waals surface area contributed by atoms with E-state index >= 15 is 0 Å². The molecule has 3 heterocycles. The van der Waals surface area contributed by atoms with Crippen molar-refractivity contribution < 1.29 is 14.6 Å². The van der Waals surface area contributed by atoms with Gasteiger partial charge in [0.1, 0.15) is 0 Å². The molecule has 23 heavy (non-hydrogen) atoms. The topological polar surface area (TPSA) is 67.6 Å². The summed E-state index contributed by atoms with van der Waals surface area (Å²) in [4.78, 5) is 15.0. The predicted octanol–water partition coefficient (Wildman–Crippen LogP) is 1.61. The number of rotatable bonds is 3. The van der Waals surface area contributed by atoms with Crippen molar-refractivity contribution in [1.29, 1.82) is 0 Å². The summed E-state index contributed by atoms with van der Waals surface area (Å²) in [7, 11) is 0. The zero-order chi connectivity index (χ0) is 16.4. The lowest BCUT2D eigenvalue weighted by Crippen LogP contribution is -2.54. The molecule has 1 atom stereocenters. The lowest BCUT2D eigenvalue weighted by Gasteiger charge is -2.48. The normalized spacial score (nSPS) is 24.1. The number of amides is 1. The third-order valence-electron chi connectivity index (χ3n) is 5.48. The van der Waals surface area contributed by atoms with Crippen LogP contribution in [0.15, 0.2) is 6.20 Å². The molecule has 6 heteroatoms. The van der Waals surface area contributed by atoms with E-state index in [1.165, 1.54) is 0 Å². The average molecular weight is 321 g/mol. The highest BCUT2D eigenvalue weighted by molar-refractivity contribution is 5.95. The molecule has 2 aliphatic heterocycles. The Morgan fingerprint density at radius 3 is 2.78 bits per heavy atom. The minimum Gasteiger partial charge on any atom is -0.394 e.